The molecule has 0 aromatic rings. The summed E-state index contributed by atoms with van der Waals surface area (Å²) in [6.45, 7) is 1.87. The lowest BCUT2D eigenvalue weighted by Crippen LogP contribution is -2.37. The van der Waals surface area contributed by atoms with Gasteiger partial charge in [-0.15, -0.1) is 0 Å². The molecule has 1 amide bonds. The highest BCUT2D eigenvalue weighted by Crippen LogP contribution is 2.68. The fraction of sp³-hybridized carbons (Fsp3) is 0.833. The smallest absolute Gasteiger partial charge is 0.367 e. The number of aliphatic hydroxyl groups is 1. The Balaban J connectivity index is 5.07. The van der Waals surface area contributed by atoms with E-state index < -0.39 is 32.6 Å². The molecule has 0 spiro atoms. The molecule has 0 bridgehead atoms. The number of carbonyl (C=O) groups is 1. The first kappa shape index (κ1) is 16.7. The topological polar surface area (TPSA) is 164 Å². The van der Waals surface area contributed by atoms with Crippen LogP contribution in [0.15, 0.2) is 0 Å². The fourth-order valence-electron chi connectivity index (χ4n) is 0.918. The summed E-state index contributed by atoms with van der Waals surface area (Å²) in [4.78, 5) is 46.1. The molecular formula is C6H15NO8P2. The summed E-state index contributed by atoms with van der Waals surface area (Å²) in [5.74, 6) is -1.05. The van der Waals surface area contributed by atoms with E-state index in [1.807, 2.05) is 0 Å². The molecular weight excluding hydrogens is 276 g/mol. The van der Waals surface area contributed by atoms with Crippen LogP contribution in [0.25, 0.3) is 0 Å². The minimum absolute atomic E-state index is 0.164. The maximum Gasteiger partial charge on any atom is 0.370 e. The molecule has 0 rings (SSSR count). The van der Waals surface area contributed by atoms with E-state index in [0.29, 0.717) is 6.42 Å². The number of hydrogen-bond acceptors (Lipinski definition) is 4. The van der Waals surface area contributed by atoms with Gasteiger partial charge in [-0.3, -0.25) is 13.9 Å². The third-order valence-electron chi connectivity index (χ3n) is 1.90. The Hall–Kier alpha value is -0.270. The molecule has 0 fully saturated rings. The summed E-state index contributed by atoms with van der Waals surface area (Å²) in [6.07, 6.45) is -0.850. The molecule has 11 heteroatoms. The Morgan fingerprint density at radius 1 is 1.18 bits per heavy atom. The van der Waals surface area contributed by atoms with Crippen LogP contribution in [0.1, 0.15) is 19.8 Å². The molecule has 0 aliphatic heterocycles. The third-order valence-corrected chi connectivity index (χ3v) is 5.65. The van der Waals surface area contributed by atoms with Crippen LogP contribution in [0.4, 0.5) is 0 Å². The van der Waals surface area contributed by atoms with Crippen molar-refractivity contribution in [1.29, 1.82) is 0 Å². The van der Waals surface area contributed by atoms with Crippen molar-refractivity contribution < 1.29 is 38.6 Å². The van der Waals surface area contributed by atoms with Gasteiger partial charge in [-0.05, 0) is 6.42 Å². The number of rotatable bonds is 6. The van der Waals surface area contributed by atoms with Crippen molar-refractivity contribution >= 4 is 21.1 Å². The van der Waals surface area contributed by atoms with Crippen LogP contribution in [0, 0.1) is 0 Å². The van der Waals surface area contributed by atoms with Gasteiger partial charge in [-0.25, -0.2) is 0 Å². The second-order valence-electron chi connectivity index (χ2n) is 3.39. The van der Waals surface area contributed by atoms with Crippen molar-refractivity contribution in [2.45, 2.75) is 24.8 Å². The van der Waals surface area contributed by atoms with E-state index in [0.717, 1.165) is 0 Å². The van der Waals surface area contributed by atoms with Gasteiger partial charge in [0.2, 0.25) is 5.91 Å². The lowest BCUT2D eigenvalue weighted by Gasteiger charge is -2.28. The first-order chi connectivity index (χ1) is 7.45. The molecule has 0 atom stereocenters. The molecule has 0 aliphatic rings. The number of nitrogens with one attached hydrogen (secondary N) is 1. The Morgan fingerprint density at radius 2 is 1.59 bits per heavy atom. The van der Waals surface area contributed by atoms with Gasteiger partial charge in [0.25, 0.3) is 5.08 Å². The molecule has 0 aromatic carbocycles. The summed E-state index contributed by atoms with van der Waals surface area (Å²) in [7, 11) is -11.1. The van der Waals surface area contributed by atoms with Gasteiger partial charge in [-0.1, -0.05) is 6.92 Å². The highest BCUT2D eigenvalue weighted by atomic mass is 31.2. The first-order valence-electron chi connectivity index (χ1n) is 4.56. The van der Waals surface area contributed by atoms with Crippen LogP contribution in [-0.4, -0.2) is 42.2 Å². The molecule has 0 saturated carbocycles. The van der Waals surface area contributed by atoms with E-state index in [1.165, 1.54) is 0 Å². The van der Waals surface area contributed by atoms with E-state index in [9.17, 15) is 19.0 Å². The van der Waals surface area contributed by atoms with Crippen molar-refractivity contribution in [2.24, 2.45) is 0 Å². The Labute approximate surface area is 97.2 Å². The maximum atomic E-state index is 11.2. The molecule has 17 heavy (non-hydrogen) atoms. The fourth-order valence-corrected chi connectivity index (χ4v) is 2.97. The van der Waals surface area contributed by atoms with Crippen molar-refractivity contribution in [1.82, 2.24) is 5.32 Å². The number of carbonyl (C=O) groups excluding carboxylic acids is 1. The third kappa shape index (κ3) is 4.15. The van der Waals surface area contributed by atoms with Crippen molar-refractivity contribution in [2.75, 3.05) is 6.54 Å². The number of hydrogen-bond donors (Lipinski definition) is 6. The zero-order valence-electron chi connectivity index (χ0n) is 8.98. The van der Waals surface area contributed by atoms with E-state index in [-0.39, 0.29) is 6.54 Å². The summed E-state index contributed by atoms with van der Waals surface area (Å²) in [5.41, 5.74) is 0. The zero-order chi connectivity index (χ0) is 13.9. The average Bonchev–Trinajstić information content (AvgIpc) is 2.10. The summed E-state index contributed by atoms with van der Waals surface area (Å²) in [5, 5.41) is 7.83. The SMILES string of the molecule is CCCNC(=O)CC(O)(P(=O)(O)O)P(=O)(O)O. The van der Waals surface area contributed by atoms with E-state index in [4.69, 9.17) is 19.6 Å². The van der Waals surface area contributed by atoms with Gasteiger partial charge in [0.1, 0.15) is 0 Å². The van der Waals surface area contributed by atoms with Gasteiger partial charge in [0.05, 0.1) is 6.42 Å². The minimum Gasteiger partial charge on any atom is -0.367 e. The summed E-state index contributed by atoms with van der Waals surface area (Å²) in [6, 6.07) is 0. The van der Waals surface area contributed by atoms with Crippen molar-refractivity contribution in [3.05, 3.63) is 0 Å². The second kappa shape index (κ2) is 5.58. The molecule has 102 valence electrons. The monoisotopic (exact) mass is 291 g/mol. The Bertz CT molecular complexity index is 348. The Morgan fingerprint density at radius 3 is 1.88 bits per heavy atom. The van der Waals surface area contributed by atoms with Crippen LogP contribution >= 0.6 is 15.2 Å². The van der Waals surface area contributed by atoms with Crippen LogP contribution in [0.5, 0.6) is 0 Å². The lowest BCUT2D eigenvalue weighted by molar-refractivity contribution is -0.123. The highest BCUT2D eigenvalue weighted by molar-refractivity contribution is 7.72. The molecule has 0 aliphatic carbocycles. The van der Waals surface area contributed by atoms with Crippen LogP contribution < -0.4 is 5.32 Å². The second-order valence-corrected chi connectivity index (χ2v) is 7.40. The van der Waals surface area contributed by atoms with Gasteiger partial charge < -0.3 is 30.0 Å². The molecule has 9 nitrogen and oxygen atoms in total. The van der Waals surface area contributed by atoms with E-state index >= 15 is 0 Å². The largest absolute Gasteiger partial charge is 0.370 e. The Kier molecular flexibility index (Phi) is 5.49. The van der Waals surface area contributed by atoms with Crippen LogP contribution in [0.3, 0.4) is 0 Å². The van der Waals surface area contributed by atoms with E-state index in [2.05, 4.69) is 5.32 Å². The maximum absolute atomic E-state index is 11.2. The molecule has 0 radical (unpaired) electrons. The molecule has 6 N–H and O–H groups in total. The highest BCUT2D eigenvalue weighted by Gasteiger charge is 2.60. The minimum atomic E-state index is -5.56. The van der Waals surface area contributed by atoms with Crippen molar-refractivity contribution in [3.8, 4) is 0 Å². The normalized spacial score (nSPS) is 13.5. The molecule has 0 heterocycles. The lowest BCUT2D eigenvalue weighted by atomic mass is 10.4. The van der Waals surface area contributed by atoms with Gasteiger partial charge in [-0.2, -0.15) is 0 Å². The summed E-state index contributed by atoms with van der Waals surface area (Å²) < 4.78 is 21.8. The van der Waals surface area contributed by atoms with Crippen LogP contribution in [0.2, 0.25) is 0 Å². The van der Waals surface area contributed by atoms with E-state index in [1.54, 1.807) is 6.92 Å². The van der Waals surface area contributed by atoms with Gasteiger partial charge in [0.15, 0.2) is 0 Å². The van der Waals surface area contributed by atoms with Gasteiger partial charge in [0, 0.05) is 6.54 Å². The molecule has 0 unspecified atom stereocenters. The van der Waals surface area contributed by atoms with Gasteiger partial charge >= 0.3 is 15.2 Å². The quantitative estimate of drug-likeness (QED) is 0.336. The average molecular weight is 291 g/mol. The van der Waals surface area contributed by atoms with Crippen molar-refractivity contribution in [3.63, 3.8) is 0 Å². The molecule has 0 saturated heterocycles. The predicted octanol–water partition coefficient (Wildman–Crippen LogP) is -1.10. The molecule has 0 aromatic heterocycles. The first-order valence-corrected chi connectivity index (χ1v) is 7.78. The predicted molar refractivity (Wildman–Crippen MR) is 57.0 cm³/mol. The summed E-state index contributed by atoms with van der Waals surface area (Å²) >= 11 is 0. The zero-order valence-corrected chi connectivity index (χ0v) is 10.8. The standard InChI is InChI=1S/C6H15NO8P2/c1-2-3-7-5(8)4-6(9,16(10,11)12)17(13,14)15/h9H,2-4H2,1H3,(H,7,8)(H2,10,11,12)(H2,13,14,15). The number of amides is 1. The van der Waals surface area contributed by atoms with Crippen LogP contribution in [-0.2, 0) is 13.9 Å².